The Hall–Kier alpha value is -2.87. The van der Waals surface area contributed by atoms with Crippen LogP contribution in [0.2, 0.25) is 0 Å². The monoisotopic (exact) mass is 366 g/mol. The van der Waals surface area contributed by atoms with Gasteiger partial charge in [-0.15, -0.1) is 0 Å². The average Bonchev–Trinajstić information content (AvgIpc) is 3.04. The van der Waals surface area contributed by atoms with Crippen molar-refractivity contribution in [3.05, 3.63) is 35.9 Å². The quantitative estimate of drug-likeness (QED) is 0.734. The Morgan fingerprint density at radius 1 is 1.33 bits per heavy atom. The Kier molecular flexibility index (Phi) is 3.68. The van der Waals surface area contributed by atoms with E-state index in [2.05, 4.69) is 21.5 Å². The lowest BCUT2D eigenvalue weighted by atomic mass is 10.1. The van der Waals surface area contributed by atoms with Crippen LogP contribution in [0.25, 0.3) is 10.9 Å². The van der Waals surface area contributed by atoms with Crippen LogP contribution in [0.1, 0.15) is 41.2 Å². The number of benzene rings is 1. The first-order valence-corrected chi connectivity index (χ1v) is 9.31. The Bertz CT molecular complexity index is 1020. The number of amides is 1. The van der Waals surface area contributed by atoms with Gasteiger partial charge in [0.2, 0.25) is 0 Å². The minimum Gasteiger partial charge on any atom is -0.431 e. The van der Waals surface area contributed by atoms with Crippen molar-refractivity contribution in [2.24, 2.45) is 12.8 Å². The molecule has 2 fully saturated rings. The Morgan fingerprint density at radius 3 is 2.93 bits per heavy atom. The fourth-order valence-corrected chi connectivity index (χ4v) is 3.72. The number of carbonyl (C=O) groups excluding carboxylic acids is 1. The molecular weight excluding hydrogens is 344 g/mol. The first kappa shape index (κ1) is 16.3. The lowest BCUT2D eigenvalue weighted by Gasteiger charge is -2.12. The van der Waals surface area contributed by atoms with Gasteiger partial charge in [-0.25, -0.2) is 0 Å². The van der Waals surface area contributed by atoms with E-state index in [9.17, 15) is 4.79 Å². The summed E-state index contributed by atoms with van der Waals surface area (Å²) in [5.74, 6) is 0.234. The third kappa shape index (κ3) is 2.95. The molecule has 0 spiro atoms. The summed E-state index contributed by atoms with van der Waals surface area (Å²) in [7, 11) is 1.93. The second kappa shape index (κ2) is 6.09. The predicted octanol–water partition coefficient (Wildman–Crippen LogP) is 2.23. The largest absolute Gasteiger partial charge is 0.431 e. The van der Waals surface area contributed by atoms with Crippen molar-refractivity contribution in [2.45, 2.75) is 31.2 Å². The summed E-state index contributed by atoms with van der Waals surface area (Å²) in [6.07, 6.45) is 6.42. The van der Waals surface area contributed by atoms with Crippen LogP contribution in [0, 0.1) is 0 Å². The van der Waals surface area contributed by atoms with E-state index in [0.29, 0.717) is 18.5 Å². The number of carbonyl (C=O) groups is 1. The number of nitrogens with two attached hydrogens (primary N) is 1. The minimum atomic E-state index is -0.265. The maximum atomic E-state index is 12.7. The number of hydrogen-bond donors (Lipinski definition) is 2. The number of oxazole rings is 1. The fraction of sp³-hybridized carbons (Fsp3) is 0.421. The molecule has 140 valence electrons. The molecule has 8 heteroatoms. The van der Waals surface area contributed by atoms with Gasteiger partial charge in [0.05, 0.1) is 11.7 Å². The summed E-state index contributed by atoms with van der Waals surface area (Å²) >= 11 is 0. The van der Waals surface area contributed by atoms with E-state index in [1.165, 1.54) is 6.26 Å². The molecule has 1 saturated carbocycles. The van der Waals surface area contributed by atoms with Crippen molar-refractivity contribution < 1.29 is 9.21 Å². The van der Waals surface area contributed by atoms with Crippen LogP contribution in [-0.2, 0) is 7.05 Å². The fourth-order valence-electron chi connectivity index (χ4n) is 3.72. The number of nitrogens with one attached hydrogen (secondary N) is 1. The van der Waals surface area contributed by atoms with Gasteiger partial charge >= 0.3 is 0 Å². The highest BCUT2D eigenvalue weighted by atomic mass is 16.4. The van der Waals surface area contributed by atoms with Crippen LogP contribution in [0.4, 0.5) is 11.7 Å². The van der Waals surface area contributed by atoms with Gasteiger partial charge in [-0.3, -0.25) is 9.48 Å². The molecule has 3 heterocycles. The third-order valence-electron chi connectivity index (χ3n) is 5.40. The zero-order chi connectivity index (χ0) is 18.5. The Balaban J connectivity index is 1.41. The van der Waals surface area contributed by atoms with Crippen molar-refractivity contribution in [1.82, 2.24) is 14.8 Å². The summed E-state index contributed by atoms with van der Waals surface area (Å²) in [6, 6.07) is 4.71. The number of aryl methyl sites for hydroxylation is 1. The Labute approximate surface area is 156 Å². The SMILES string of the molecule is Cn1ncc2cc(NC(=O)c3coc(N4CCC(N)C4)n3)c(C3CC3)cc21. The molecule has 1 aliphatic heterocycles. The van der Waals surface area contributed by atoms with Gasteiger partial charge in [-0.2, -0.15) is 10.1 Å². The van der Waals surface area contributed by atoms with E-state index >= 15 is 0 Å². The van der Waals surface area contributed by atoms with Gasteiger partial charge in [0, 0.05) is 37.3 Å². The van der Waals surface area contributed by atoms with Crippen LogP contribution in [-0.4, -0.2) is 39.8 Å². The molecule has 2 aliphatic rings. The standard InChI is InChI=1S/C19H22N6O2/c1-24-17-7-14(11-2-3-11)15(6-12(17)8-21-24)22-18(26)16-10-27-19(23-16)25-5-4-13(20)9-25/h6-8,10-11,13H,2-5,9,20H2,1H3,(H,22,26). The van der Waals surface area contributed by atoms with Crippen LogP contribution < -0.4 is 16.0 Å². The van der Waals surface area contributed by atoms with Crippen molar-refractivity contribution in [2.75, 3.05) is 23.3 Å². The molecule has 1 aromatic carbocycles. The van der Waals surface area contributed by atoms with E-state index in [-0.39, 0.29) is 17.6 Å². The number of hydrogen-bond acceptors (Lipinski definition) is 6. The summed E-state index contributed by atoms with van der Waals surface area (Å²) in [5.41, 5.74) is 9.27. The van der Waals surface area contributed by atoms with E-state index < -0.39 is 0 Å². The van der Waals surface area contributed by atoms with Gasteiger partial charge < -0.3 is 20.4 Å². The van der Waals surface area contributed by atoms with Crippen molar-refractivity contribution in [3.63, 3.8) is 0 Å². The molecule has 3 N–H and O–H groups in total. The topological polar surface area (TPSA) is 102 Å². The minimum absolute atomic E-state index is 0.126. The highest BCUT2D eigenvalue weighted by Gasteiger charge is 2.28. The molecule has 1 saturated heterocycles. The van der Waals surface area contributed by atoms with E-state index in [0.717, 1.165) is 48.0 Å². The first-order chi connectivity index (χ1) is 13.1. The van der Waals surface area contributed by atoms with Crippen LogP contribution in [0.5, 0.6) is 0 Å². The third-order valence-corrected chi connectivity index (χ3v) is 5.40. The highest BCUT2D eigenvalue weighted by molar-refractivity contribution is 6.04. The van der Waals surface area contributed by atoms with Crippen LogP contribution in [0.15, 0.2) is 29.0 Å². The first-order valence-electron chi connectivity index (χ1n) is 9.31. The lowest BCUT2D eigenvalue weighted by molar-refractivity contribution is 0.102. The zero-order valence-corrected chi connectivity index (χ0v) is 15.2. The molecule has 1 amide bonds. The maximum Gasteiger partial charge on any atom is 0.298 e. The van der Waals surface area contributed by atoms with Crippen molar-refractivity contribution in [3.8, 4) is 0 Å². The highest BCUT2D eigenvalue weighted by Crippen LogP contribution is 2.44. The zero-order valence-electron chi connectivity index (χ0n) is 15.2. The van der Waals surface area contributed by atoms with Gasteiger partial charge in [0.1, 0.15) is 6.26 Å². The second-order valence-electron chi connectivity index (χ2n) is 7.50. The molecule has 1 aliphatic carbocycles. The van der Waals surface area contributed by atoms with Crippen molar-refractivity contribution >= 4 is 28.5 Å². The lowest BCUT2D eigenvalue weighted by Crippen LogP contribution is -2.26. The van der Waals surface area contributed by atoms with Gasteiger partial charge in [0.15, 0.2) is 5.69 Å². The predicted molar refractivity (Wildman–Crippen MR) is 102 cm³/mol. The molecule has 8 nitrogen and oxygen atoms in total. The molecule has 1 atom stereocenters. The van der Waals surface area contributed by atoms with E-state index in [4.69, 9.17) is 10.2 Å². The van der Waals surface area contributed by atoms with Gasteiger partial charge in [-0.05, 0) is 42.9 Å². The molecule has 5 rings (SSSR count). The van der Waals surface area contributed by atoms with Crippen molar-refractivity contribution in [1.29, 1.82) is 0 Å². The van der Waals surface area contributed by atoms with Gasteiger partial charge in [-0.1, -0.05) is 0 Å². The number of aromatic nitrogens is 3. The summed E-state index contributed by atoms with van der Waals surface area (Å²) in [4.78, 5) is 19.1. The number of anilines is 2. The second-order valence-corrected chi connectivity index (χ2v) is 7.50. The number of fused-ring (bicyclic) bond motifs is 1. The number of rotatable bonds is 4. The molecule has 2 aromatic heterocycles. The van der Waals surface area contributed by atoms with Gasteiger partial charge in [0.25, 0.3) is 11.9 Å². The van der Waals surface area contributed by atoms with E-state index in [1.54, 1.807) is 0 Å². The van der Waals surface area contributed by atoms with E-state index in [1.807, 2.05) is 28.9 Å². The Morgan fingerprint density at radius 2 is 2.19 bits per heavy atom. The van der Waals surface area contributed by atoms with Crippen LogP contribution >= 0.6 is 0 Å². The summed E-state index contributed by atoms with van der Waals surface area (Å²) in [5, 5.41) is 8.33. The average molecular weight is 366 g/mol. The molecular formula is C19H22N6O2. The molecule has 3 aromatic rings. The smallest absolute Gasteiger partial charge is 0.298 e. The maximum absolute atomic E-state index is 12.7. The summed E-state index contributed by atoms with van der Waals surface area (Å²) < 4.78 is 7.36. The molecule has 0 bridgehead atoms. The summed E-state index contributed by atoms with van der Waals surface area (Å²) in [6.45, 7) is 1.50. The van der Waals surface area contributed by atoms with Crippen LogP contribution in [0.3, 0.4) is 0 Å². The normalized spacial score (nSPS) is 19.8. The molecule has 0 radical (unpaired) electrons. The number of nitrogens with zero attached hydrogens (tertiary/aromatic N) is 4. The molecule has 1 unspecified atom stereocenters. The molecule has 27 heavy (non-hydrogen) atoms.